The second-order valence-corrected chi connectivity index (χ2v) is 7.17. The van der Waals surface area contributed by atoms with Crippen molar-refractivity contribution >= 4 is 28.6 Å². The number of nitrogens with zero attached hydrogens (tertiary/aromatic N) is 2. The van der Waals surface area contributed by atoms with Crippen LogP contribution >= 0.6 is 11.8 Å². The van der Waals surface area contributed by atoms with Crippen LogP contribution in [0.1, 0.15) is 25.3 Å². The van der Waals surface area contributed by atoms with E-state index in [4.69, 9.17) is 0 Å². The number of hydrogen-bond acceptors (Lipinski definition) is 3. The van der Waals surface area contributed by atoms with Gasteiger partial charge in [0.15, 0.2) is 0 Å². The van der Waals surface area contributed by atoms with Crippen LogP contribution in [0, 0.1) is 12.8 Å². The zero-order valence-corrected chi connectivity index (χ0v) is 14.0. The lowest BCUT2D eigenvalue weighted by Gasteiger charge is -2.30. The Morgan fingerprint density at radius 3 is 3.05 bits per heavy atom. The second-order valence-electron chi connectivity index (χ2n) is 6.17. The van der Waals surface area contributed by atoms with E-state index < -0.39 is 0 Å². The van der Waals surface area contributed by atoms with Crippen molar-refractivity contribution < 1.29 is 4.79 Å². The Bertz CT molecular complexity index is 686. The van der Waals surface area contributed by atoms with Gasteiger partial charge in [0.2, 0.25) is 5.91 Å². The number of hydrogen-bond donors (Lipinski definition) is 0. The summed E-state index contributed by atoms with van der Waals surface area (Å²) in [4.78, 5) is 19.0. The quantitative estimate of drug-likeness (QED) is 0.806. The number of likely N-dealkylation sites (tertiary alicyclic amines) is 1. The molecule has 0 spiro atoms. The van der Waals surface area contributed by atoms with Crippen molar-refractivity contribution in [2.45, 2.75) is 31.7 Å². The van der Waals surface area contributed by atoms with Crippen molar-refractivity contribution in [3.63, 3.8) is 0 Å². The topological polar surface area (TPSA) is 33.2 Å². The molecule has 2 aromatic rings. The van der Waals surface area contributed by atoms with Gasteiger partial charge in [-0.3, -0.25) is 4.79 Å². The van der Waals surface area contributed by atoms with E-state index in [2.05, 4.69) is 31.0 Å². The molecule has 22 heavy (non-hydrogen) atoms. The van der Waals surface area contributed by atoms with Gasteiger partial charge >= 0.3 is 0 Å². The van der Waals surface area contributed by atoms with Crippen LogP contribution < -0.4 is 0 Å². The Balaban J connectivity index is 1.67. The van der Waals surface area contributed by atoms with Gasteiger partial charge in [-0.1, -0.05) is 36.9 Å². The summed E-state index contributed by atoms with van der Waals surface area (Å²) in [6.45, 7) is 6.14. The van der Waals surface area contributed by atoms with E-state index in [0.717, 1.165) is 30.1 Å². The predicted molar refractivity (Wildman–Crippen MR) is 92.2 cm³/mol. The number of aromatic nitrogens is 1. The third-order valence-electron chi connectivity index (χ3n) is 4.25. The Hall–Kier alpha value is -1.55. The van der Waals surface area contributed by atoms with E-state index in [1.165, 1.54) is 17.4 Å². The highest BCUT2D eigenvalue weighted by atomic mass is 32.2. The minimum absolute atomic E-state index is 0.240. The third kappa shape index (κ3) is 3.43. The third-order valence-corrected chi connectivity index (χ3v) is 5.15. The highest BCUT2D eigenvalue weighted by Gasteiger charge is 2.20. The summed E-state index contributed by atoms with van der Waals surface area (Å²) in [6, 6.07) is 10.2. The lowest BCUT2D eigenvalue weighted by molar-refractivity contribution is -0.130. The number of piperidine rings is 1. The first-order chi connectivity index (χ1) is 10.6. The van der Waals surface area contributed by atoms with Gasteiger partial charge in [0.1, 0.15) is 0 Å². The van der Waals surface area contributed by atoms with E-state index in [1.54, 1.807) is 11.8 Å². The molecular formula is C18H22N2OS. The molecule has 1 aromatic heterocycles. The molecule has 0 aliphatic carbocycles. The minimum Gasteiger partial charge on any atom is -0.342 e. The Morgan fingerprint density at radius 1 is 1.41 bits per heavy atom. The Morgan fingerprint density at radius 2 is 2.23 bits per heavy atom. The molecular weight excluding hydrogens is 292 g/mol. The van der Waals surface area contributed by atoms with E-state index in [9.17, 15) is 4.79 Å². The largest absolute Gasteiger partial charge is 0.342 e. The van der Waals surface area contributed by atoms with Gasteiger partial charge in [-0.05, 0) is 43.4 Å². The highest BCUT2D eigenvalue weighted by Crippen LogP contribution is 2.24. The second kappa shape index (κ2) is 6.69. The van der Waals surface area contributed by atoms with Crippen LogP contribution in [0.3, 0.4) is 0 Å². The minimum atomic E-state index is 0.240. The lowest BCUT2D eigenvalue weighted by atomic mass is 10.0. The molecule has 1 fully saturated rings. The van der Waals surface area contributed by atoms with Crippen molar-refractivity contribution in [1.82, 2.24) is 9.88 Å². The van der Waals surface area contributed by atoms with Crippen molar-refractivity contribution in [1.29, 1.82) is 0 Å². The van der Waals surface area contributed by atoms with Crippen molar-refractivity contribution in [3.8, 4) is 0 Å². The summed E-state index contributed by atoms with van der Waals surface area (Å²) in [5.41, 5.74) is 2.22. The zero-order chi connectivity index (χ0) is 15.5. The zero-order valence-electron chi connectivity index (χ0n) is 13.2. The van der Waals surface area contributed by atoms with Crippen LogP contribution in [0.5, 0.6) is 0 Å². The van der Waals surface area contributed by atoms with Crippen LogP contribution in [0.15, 0.2) is 35.4 Å². The molecule has 1 aliphatic heterocycles. The number of benzene rings is 1. The number of fused-ring (bicyclic) bond motifs is 1. The fourth-order valence-corrected chi connectivity index (χ4v) is 3.91. The first kappa shape index (κ1) is 15.3. The molecule has 0 saturated carbocycles. The fraction of sp³-hybridized carbons (Fsp3) is 0.444. The number of rotatable bonds is 3. The number of carbonyl (C=O) groups excluding carboxylic acids is 1. The lowest BCUT2D eigenvalue weighted by Crippen LogP contribution is -2.40. The molecule has 1 aliphatic rings. The Labute approximate surface area is 136 Å². The smallest absolute Gasteiger partial charge is 0.232 e. The van der Waals surface area contributed by atoms with Crippen molar-refractivity contribution in [2.24, 2.45) is 5.92 Å². The van der Waals surface area contributed by atoms with E-state index in [0.29, 0.717) is 11.7 Å². The molecule has 0 N–H and O–H groups in total. The van der Waals surface area contributed by atoms with Crippen LogP contribution in [0.25, 0.3) is 10.9 Å². The number of amides is 1. The van der Waals surface area contributed by atoms with Gasteiger partial charge < -0.3 is 4.90 Å². The average Bonchev–Trinajstić information content (AvgIpc) is 2.53. The normalized spacial score (nSPS) is 18.6. The molecule has 0 radical (unpaired) electrons. The molecule has 1 amide bonds. The summed E-state index contributed by atoms with van der Waals surface area (Å²) in [5, 5.41) is 2.12. The number of carbonyl (C=O) groups is 1. The molecule has 3 nitrogen and oxygen atoms in total. The van der Waals surface area contributed by atoms with Crippen molar-refractivity contribution in [3.05, 3.63) is 35.9 Å². The molecule has 1 unspecified atom stereocenters. The molecule has 2 heterocycles. The van der Waals surface area contributed by atoms with Gasteiger partial charge in [-0.15, -0.1) is 0 Å². The summed E-state index contributed by atoms with van der Waals surface area (Å²) >= 11 is 1.55. The molecule has 1 aromatic carbocycles. The standard InChI is InChI=1S/C18H22N2OS/c1-13-6-5-9-20(11-13)18(21)12-22-17-10-14(2)15-7-3-4-8-16(15)19-17/h3-4,7-8,10,13H,5-6,9,11-12H2,1-2H3. The summed E-state index contributed by atoms with van der Waals surface area (Å²) in [6.07, 6.45) is 2.37. The number of para-hydroxylation sites is 1. The summed E-state index contributed by atoms with van der Waals surface area (Å²) in [7, 11) is 0. The van der Waals surface area contributed by atoms with Crippen LogP contribution in [0.2, 0.25) is 0 Å². The fourth-order valence-electron chi connectivity index (χ4n) is 3.04. The monoisotopic (exact) mass is 314 g/mol. The summed E-state index contributed by atoms with van der Waals surface area (Å²) < 4.78 is 0. The van der Waals surface area contributed by atoms with Gasteiger partial charge in [0.05, 0.1) is 16.3 Å². The maximum absolute atomic E-state index is 12.3. The molecule has 4 heteroatoms. The van der Waals surface area contributed by atoms with E-state index in [1.807, 2.05) is 23.1 Å². The number of aryl methyl sites for hydroxylation is 1. The number of thioether (sulfide) groups is 1. The van der Waals surface area contributed by atoms with Crippen molar-refractivity contribution in [2.75, 3.05) is 18.8 Å². The number of pyridine rings is 1. The molecule has 3 rings (SSSR count). The first-order valence-corrected chi connectivity index (χ1v) is 8.89. The van der Waals surface area contributed by atoms with Gasteiger partial charge in [0, 0.05) is 18.5 Å². The highest BCUT2D eigenvalue weighted by molar-refractivity contribution is 7.99. The molecule has 0 bridgehead atoms. The van der Waals surface area contributed by atoms with Crippen LogP contribution in [-0.4, -0.2) is 34.6 Å². The van der Waals surface area contributed by atoms with Gasteiger partial charge in [-0.2, -0.15) is 0 Å². The van der Waals surface area contributed by atoms with Gasteiger partial charge in [0.25, 0.3) is 0 Å². The predicted octanol–water partition coefficient (Wildman–Crippen LogP) is 3.89. The maximum Gasteiger partial charge on any atom is 0.232 e. The maximum atomic E-state index is 12.3. The van der Waals surface area contributed by atoms with Crippen LogP contribution in [0.4, 0.5) is 0 Å². The summed E-state index contributed by atoms with van der Waals surface area (Å²) in [5.74, 6) is 1.35. The van der Waals surface area contributed by atoms with Gasteiger partial charge in [-0.25, -0.2) is 4.98 Å². The van der Waals surface area contributed by atoms with Crippen LogP contribution in [-0.2, 0) is 4.79 Å². The molecule has 1 atom stereocenters. The first-order valence-electron chi connectivity index (χ1n) is 7.90. The molecule has 1 saturated heterocycles. The van der Waals surface area contributed by atoms with E-state index in [-0.39, 0.29) is 5.91 Å². The SMILES string of the molecule is Cc1cc(SCC(=O)N2CCCC(C)C2)nc2ccccc12. The Kier molecular flexibility index (Phi) is 4.67. The average molecular weight is 314 g/mol. The van der Waals surface area contributed by atoms with E-state index >= 15 is 0 Å². The molecule has 116 valence electrons.